The molecular weight excluding hydrogens is 268 g/mol. The minimum Gasteiger partial charge on any atom is -0.328 e. The van der Waals surface area contributed by atoms with Crippen molar-refractivity contribution in [1.29, 1.82) is 0 Å². The SMILES string of the molecule is CC(C)C[C@H]1CC[C@H](NCCC(C)(C)C[C@H]2C[C@@H](N)C2)CC1. The van der Waals surface area contributed by atoms with Crippen LogP contribution in [0.25, 0.3) is 0 Å². The van der Waals surface area contributed by atoms with Crippen molar-refractivity contribution < 1.29 is 0 Å². The summed E-state index contributed by atoms with van der Waals surface area (Å²) in [4.78, 5) is 0. The summed E-state index contributed by atoms with van der Waals surface area (Å²) in [6.45, 7) is 10.8. The summed E-state index contributed by atoms with van der Waals surface area (Å²) in [7, 11) is 0. The predicted molar refractivity (Wildman–Crippen MR) is 96.9 cm³/mol. The second-order valence-corrected chi connectivity index (χ2v) is 9.52. The second kappa shape index (κ2) is 8.15. The highest BCUT2D eigenvalue weighted by molar-refractivity contribution is 4.87. The molecule has 2 fully saturated rings. The van der Waals surface area contributed by atoms with E-state index >= 15 is 0 Å². The summed E-state index contributed by atoms with van der Waals surface area (Å²) in [5.74, 6) is 2.77. The first-order chi connectivity index (χ1) is 10.3. The lowest BCUT2D eigenvalue weighted by Gasteiger charge is -2.39. The van der Waals surface area contributed by atoms with Gasteiger partial charge >= 0.3 is 0 Å². The van der Waals surface area contributed by atoms with Crippen LogP contribution in [0.1, 0.15) is 85.5 Å². The van der Waals surface area contributed by atoms with Gasteiger partial charge in [-0.15, -0.1) is 0 Å². The van der Waals surface area contributed by atoms with E-state index in [0.29, 0.717) is 11.5 Å². The zero-order valence-electron chi connectivity index (χ0n) is 15.5. The molecule has 130 valence electrons. The second-order valence-electron chi connectivity index (χ2n) is 9.52. The number of rotatable bonds is 8. The van der Waals surface area contributed by atoms with Gasteiger partial charge in [-0.3, -0.25) is 0 Å². The molecule has 0 aromatic carbocycles. The molecule has 0 atom stereocenters. The standard InChI is InChI=1S/C20H40N2/c1-15(2)11-16-5-7-19(8-6-16)22-10-9-20(3,4)14-17-12-18(21)13-17/h15-19,22H,5-14,21H2,1-4H3/t16-,17-,18+,19-. The fourth-order valence-electron chi connectivity index (χ4n) is 4.72. The van der Waals surface area contributed by atoms with Gasteiger partial charge in [0, 0.05) is 12.1 Å². The van der Waals surface area contributed by atoms with Gasteiger partial charge in [0.15, 0.2) is 0 Å². The van der Waals surface area contributed by atoms with Gasteiger partial charge in [-0.25, -0.2) is 0 Å². The fraction of sp³-hybridized carbons (Fsp3) is 1.00. The van der Waals surface area contributed by atoms with Crippen LogP contribution in [0.3, 0.4) is 0 Å². The summed E-state index contributed by atoms with van der Waals surface area (Å²) in [5, 5.41) is 3.84. The summed E-state index contributed by atoms with van der Waals surface area (Å²) in [6.07, 6.45) is 12.3. The van der Waals surface area contributed by atoms with E-state index in [1.54, 1.807) is 0 Å². The van der Waals surface area contributed by atoms with Crippen LogP contribution in [0.2, 0.25) is 0 Å². The minimum absolute atomic E-state index is 0.479. The van der Waals surface area contributed by atoms with E-state index in [4.69, 9.17) is 5.73 Å². The Bertz CT molecular complexity index is 310. The molecular formula is C20H40N2. The molecule has 0 saturated heterocycles. The third kappa shape index (κ3) is 6.20. The molecule has 0 radical (unpaired) electrons. The molecule has 0 aliphatic heterocycles. The first kappa shape index (κ1) is 18.3. The zero-order valence-corrected chi connectivity index (χ0v) is 15.5. The monoisotopic (exact) mass is 308 g/mol. The van der Waals surface area contributed by atoms with E-state index in [0.717, 1.165) is 23.8 Å². The van der Waals surface area contributed by atoms with Gasteiger partial charge in [-0.05, 0) is 87.5 Å². The first-order valence-electron chi connectivity index (χ1n) is 9.83. The Labute approximate surface area is 139 Å². The number of hydrogen-bond donors (Lipinski definition) is 2. The molecule has 22 heavy (non-hydrogen) atoms. The summed E-state index contributed by atoms with van der Waals surface area (Å²) in [6, 6.07) is 1.29. The van der Waals surface area contributed by atoms with E-state index in [1.165, 1.54) is 64.3 Å². The molecule has 2 aliphatic rings. The van der Waals surface area contributed by atoms with Crippen molar-refractivity contribution in [3.05, 3.63) is 0 Å². The maximum absolute atomic E-state index is 5.91. The number of hydrogen-bond acceptors (Lipinski definition) is 2. The normalized spacial score (nSPS) is 33.0. The highest BCUT2D eigenvalue weighted by atomic mass is 14.9. The van der Waals surface area contributed by atoms with Crippen LogP contribution in [0, 0.1) is 23.2 Å². The highest BCUT2D eigenvalue weighted by Crippen LogP contribution is 2.38. The average Bonchev–Trinajstić information content (AvgIpc) is 2.38. The Balaban J connectivity index is 1.56. The molecule has 2 nitrogen and oxygen atoms in total. The molecule has 0 amide bonds. The topological polar surface area (TPSA) is 38.0 Å². The quantitative estimate of drug-likeness (QED) is 0.680. The molecule has 2 saturated carbocycles. The number of nitrogens with two attached hydrogens (primary N) is 1. The molecule has 0 aromatic rings. The van der Waals surface area contributed by atoms with Gasteiger partial charge in [0.2, 0.25) is 0 Å². The van der Waals surface area contributed by atoms with Crippen molar-refractivity contribution in [1.82, 2.24) is 5.32 Å². The molecule has 0 spiro atoms. The molecule has 0 unspecified atom stereocenters. The van der Waals surface area contributed by atoms with E-state index in [1.807, 2.05) is 0 Å². The van der Waals surface area contributed by atoms with Crippen molar-refractivity contribution in [2.24, 2.45) is 28.9 Å². The minimum atomic E-state index is 0.479. The van der Waals surface area contributed by atoms with Crippen LogP contribution in [-0.4, -0.2) is 18.6 Å². The molecule has 3 N–H and O–H groups in total. The maximum atomic E-state index is 5.91. The third-order valence-electron chi connectivity index (χ3n) is 6.00. The van der Waals surface area contributed by atoms with Gasteiger partial charge in [0.25, 0.3) is 0 Å². The van der Waals surface area contributed by atoms with E-state index in [2.05, 4.69) is 33.0 Å². The van der Waals surface area contributed by atoms with Crippen molar-refractivity contribution >= 4 is 0 Å². The van der Waals surface area contributed by atoms with E-state index < -0.39 is 0 Å². The smallest absolute Gasteiger partial charge is 0.00672 e. The summed E-state index contributed by atoms with van der Waals surface area (Å²) in [5.41, 5.74) is 6.39. The molecule has 2 rings (SSSR count). The Morgan fingerprint density at radius 2 is 1.68 bits per heavy atom. The fourth-order valence-corrected chi connectivity index (χ4v) is 4.72. The average molecular weight is 309 g/mol. The summed E-state index contributed by atoms with van der Waals surface area (Å²) >= 11 is 0. The molecule has 0 bridgehead atoms. The lowest BCUT2D eigenvalue weighted by Crippen LogP contribution is -2.39. The third-order valence-corrected chi connectivity index (χ3v) is 6.00. The lowest BCUT2D eigenvalue weighted by atomic mass is 9.70. The maximum Gasteiger partial charge on any atom is 0.00672 e. The van der Waals surface area contributed by atoms with Crippen LogP contribution in [-0.2, 0) is 0 Å². The largest absolute Gasteiger partial charge is 0.328 e. The van der Waals surface area contributed by atoms with Crippen LogP contribution in [0.5, 0.6) is 0 Å². The van der Waals surface area contributed by atoms with Crippen LogP contribution < -0.4 is 11.1 Å². The Morgan fingerprint density at radius 3 is 2.23 bits per heavy atom. The van der Waals surface area contributed by atoms with Gasteiger partial charge < -0.3 is 11.1 Å². The molecule has 0 aromatic heterocycles. The summed E-state index contributed by atoms with van der Waals surface area (Å²) < 4.78 is 0. The van der Waals surface area contributed by atoms with Crippen molar-refractivity contribution in [2.45, 2.75) is 97.6 Å². The Morgan fingerprint density at radius 1 is 1.05 bits per heavy atom. The first-order valence-corrected chi connectivity index (χ1v) is 9.83. The zero-order chi connectivity index (χ0) is 16.2. The van der Waals surface area contributed by atoms with Crippen molar-refractivity contribution in [3.63, 3.8) is 0 Å². The van der Waals surface area contributed by atoms with Crippen LogP contribution in [0.4, 0.5) is 0 Å². The molecule has 2 aliphatic carbocycles. The van der Waals surface area contributed by atoms with Gasteiger partial charge in [-0.1, -0.05) is 27.7 Å². The predicted octanol–water partition coefficient (Wildman–Crippen LogP) is 4.72. The van der Waals surface area contributed by atoms with Crippen LogP contribution >= 0.6 is 0 Å². The van der Waals surface area contributed by atoms with Crippen LogP contribution in [0.15, 0.2) is 0 Å². The molecule has 0 heterocycles. The van der Waals surface area contributed by atoms with Gasteiger partial charge in [0.1, 0.15) is 0 Å². The van der Waals surface area contributed by atoms with Gasteiger partial charge in [-0.2, -0.15) is 0 Å². The van der Waals surface area contributed by atoms with Crippen molar-refractivity contribution in [3.8, 4) is 0 Å². The van der Waals surface area contributed by atoms with E-state index in [9.17, 15) is 0 Å². The molecule has 2 heteroatoms. The Hall–Kier alpha value is -0.0800. The van der Waals surface area contributed by atoms with Crippen molar-refractivity contribution in [2.75, 3.05) is 6.54 Å². The van der Waals surface area contributed by atoms with Gasteiger partial charge in [0.05, 0.1) is 0 Å². The number of nitrogens with one attached hydrogen (secondary N) is 1. The lowest BCUT2D eigenvalue weighted by molar-refractivity contribution is 0.158. The Kier molecular flexibility index (Phi) is 6.76. The van der Waals surface area contributed by atoms with E-state index in [-0.39, 0.29) is 0 Å². The highest BCUT2D eigenvalue weighted by Gasteiger charge is 2.31.